The standard InChI is InChI=1S/C11H24N4O2/c1-6-14-8-7-10(9-14)17-12-15(16)13(5)11(2,3)4/h10H,6-9H2,1-5H3/b15-12-/t10-/m1/s1. The van der Waals surface area contributed by atoms with Crippen LogP contribution in [0.4, 0.5) is 0 Å². The van der Waals surface area contributed by atoms with Gasteiger partial charge in [-0.25, -0.2) is 0 Å². The molecule has 1 rings (SSSR count). The Bertz CT molecular complexity index is 275. The highest BCUT2D eigenvalue weighted by molar-refractivity contribution is 4.73. The topological polar surface area (TPSA) is 54.1 Å². The number of likely N-dealkylation sites (tertiary alicyclic amines) is 1. The Morgan fingerprint density at radius 3 is 2.65 bits per heavy atom. The first-order valence-corrected chi connectivity index (χ1v) is 6.14. The van der Waals surface area contributed by atoms with Gasteiger partial charge in [-0.1, -0.05) is 6.92 Å². The van der Waals surface area contributed by atoms with Gasteiger partial charge in [0.25, 0.3) is 0 Å². The Kier molecular flexibility index (Phi) is 4.56. The van der Waals surface area contributed by atoms with Crippen LogP contribution < -0.4 is 0 Å². The molecular weight excluding hydrogens is 220 g/mol. The summed E-state index contributed by atoms with van der Waals surface area (Å²) in [6.07, 6.45) is 0.976. The van der Waals surface area contributed by atoms with Crippen LogP contribution in [0.25, 0.3) is 0 Å². The lowest BCUT2D eigenvalue weighted by Gasteiger charge is -2.26. The zero-order chi connectivity index (χ0) is 13.1. The molecule has 0 N–H and O–H groups in total. The minimum Gasteiger partial charge on any atom is -0.569 e. The zero-order valence-corrected chi connectivity index (χ0v) is 11.5. The minimum absolute atomic E-state index is 0.0415. The van der Waals surface area contributed by atoms with Crippen molar-refractivity contribution in [1.82, 2.24) is 9.91 Å². The third kappa shape index (κ3) is 4.03. The van der Waals surface area contributed by atoms with E-state index in [1.807, 2.05) is 20.8 Å². The van der Waals surface area contributed by atoms with Gasteiger partial charge in [0.2, 0.25) is 5.28 Å². The first-order valence-electron chi connectivity index (χ1n) is 6.14. The maximum Gasteiger partial charge on any atom is 0.233 e. The van der Waals surface area contributed by atoms with Crippen molar-refractivity contribution < 1.29 is 9.81 Å². The second kappa shape index (κ2) is 5.53. The van der Waals surface area contributed by atoms with Gasteiger partial charge in [0.1, 0.15) is 6.10 Å². The van der Waals surface area contributed by atoms with E-state index in [9.17, 15) is 5.21 Å². The molecule has 1 saturated heterocycles. The van der Waals surface area contributed by atoms with Crippen molar-refractivity contribution >= 4 is 0 Å². The van der Waals surface area contributed by atoms with E-state index in [4.69, 9.17) is 4.84 Å². The van der Waals surface area contributed by atoms with Crippen LogP contribution in [0.3, 0.4) is 0 Å². The van der Waals surface area contributed by atoms with Gasteiger partial charge in [-0.3, -0.25) is 4.90 Å². The molecule has 0 aromatic rings. The van der Waals surface area contributed by atoms with Crippen molar-refractivity contribution in [2.75, 3.05) is 26.7 Å². The summed E-state index contributed by atoms with van der Waals surface area (Å²) in [5, 5.41) is 16.8. The first-order chi connectivity index (χ1) is 7.84. The molecule has 0 amide bonds. The normalized spacial score (nSPS) is 22.9. The summed E-state index contributed by atoms with van der Waals surface area (Å²) in [5.41, 5.74) is -0.264. The fourth-order valence-electron chi connectivity index (χ4n) is 1.59. The molecule has 1 atom stereocenters. The second-order valence-corrected chi connectivity index (χ2v) is 5.44. The van der Waals surface area contributed by atoms with E-state index in [1.54, 1.807) is 7.05 Å². The van der Waals surface area contributed by atoms with Gasteiger partial charge in [-0.2, -0.15) is 0 Å². The third-order valence-electron chi connectivity index (χ3n) is 3.17. The molecule has 0 bridgehead atoms. The quantitative estimate of drug-likeness (QED) is 0.428. The van der Waals surface area contributed by atoms with E-state index < -0.39 is 0 Å². The molecule has 6 nitrogen and oxygen atoms in total. The fraction of sp³-hybridized carbons (Fsp3) is 1.00. The summed E-state index contributed by atoms with van der Waals surface area (Å²) in [5.74, 6) is 0. The molecular formula is C11H24N4O2. The van der Waals surface area contributed by atoms with Crippen molar-refractivity contribution in [2.24, 2.45) is 5.28 Å². The highest BCUT2D eigenvalue weighted by atomic mass is 16.7. The van der Waals surface area contributed by atoms with Gasteiger partial charge in [0.15, 0.2) is 0 Å². The Balaban J connectivity index is 2.43. The third-order valence-corrected chi connectivity index (χ3v) is 3.17. The molecule has 1 heterocycles. The van der Waals surface area contributed by atoms with Crippen molar-refractivity contribution in [3.63, 3.8) is 0 Å². The average Bonchev–Trinajstić information content (AvgIpc) is 2.71. The van der Waals surface area contributed by atoms with E-state index in [1.165, 1.54) is 5.01 Å². The van der Waals surface area contributed by atoms with Crippen molar-refractivity contribution in [1.29, 1.82) is 0 Å². The van der Waals surface area contributed by atoms with E-state index in [2.05, 4.69) is 17.1 Å². The monoisotopic (exact) mass is 244 g/mol. The largest absolute Gasteiger partial charge is 0.569 e. The van der Waals surface area contributed by atoms with Crippen LogP contribution in [0, 0.1) is 5.21 Å². The van der Waals surface area contributed by atoms with Crippen LogP contribution in [-0.4, -0.2) is 53.2 Å². The van der Waals surface area contributed by atoms with Gasteiger partial charge < -0.3 is 10.0 Å². The van der Waals surface area contributed by atoms with Gasteiger partial charge in [0, 0.05) is 19.5 Å². The predicted molar refractivity (Wildman–Crippen MR) is 65.2 cm³/mol. The van der Waals surface area contributed by atoms with E-state index >= 15 is 0 Å². The molecule has 0 radical (unpaired) electrons. The molecule has 0 unspecified atom stereocenters. The molecule has 100 valence electrons. The molecule has 0 saturated carbocycles. The Labute approximate surface area is 103 Å². The maximum atomic E-state index is 11.6. The molecule has 0 aliphatic carbocycles. The molecule has 17 heavy (non-hydrogen) atoms. The molecule has 0 aromatic carbocycles. The molecule has 1 aliphatic heterocycles. The Morgan fingerprint density at radius 1 is 1.53 bits per heavy atom. The zero-order valence-electron chi connectivity index (χ0n) is 11.5. The number of rotatable bonds is 4. The highest BCUT2D eigenvalue weighted by Crippen LogP contribution is 2.14. The van der Waals surface area contributed by atoms with Gasteiger partial charge in [0.05, 0.1) is 17.6 Å². The summed E-state index contributed by atoms with van der Waals surface area (Å²) in [6, 6.07) is 0. The Morgan fingerprint density at radius 2 is 2.18 bits per heavy atom. The first kappa shape index (κ1) is 14.0. The van der Waals surface area contributed by atoms with Crippen LogP contribution in [0.15, 0.2) is 5.28 Å². The van der Waals surface area contributed by atoms with Crippen molar-refractivity contribution in [3.8, 4) is 0 Å². The molecule has 0 spiro atoms. The lowest BCUT2D eigenvalue weighted by molar-refractivity contribution is -0.720. The number of hydrazine groups is 1. The molecule has 1 aliphatic rings. The molecule has 6 heteroatoms. The van der Waals surface area contributed by atoms with Crippen LogP contribution in [0.2, 0.25) is 0 Å². The fourth-order valence-corrected chi connectivity index (χ4v) is 1.59. The van der Waals surface area contributed by atoms with Crippen molar-refractivity contribution in [2.45, 2.75) is 45.8 Å². The van der Waals surface area contributed by atoms with Crippen LogP contribution in [-0.2, 0) is 4.84 Å². The lowest BCUT2D eigenvalue weighted by atomic mass is 10.1. The van der Waals surface area contributed by atoms with Gasteiger partial charge in [-0.05, 0) is 27.3 Å². The average molecular weight is 244 g/mol. The molecule has 0 aromatic heterocycles. The summed E-state index contributed by atoms with van der Waals surface area (Å²) < 4.78 is 0. The van der Waals surface area contributed by atoms with Gasteiger partial charge >= 0.3 is 0 Å². The predicted octanol–water partition coefficient (Wildman–Crippen LogP) is 1.62. The number of hydrogen-bond donors (Lipinski definition) is 0. The maximum absolute atomic E-state index is 11.6. The second-order valence-electron chi connectivity index (χ2n) is 5.44. The smallest absolute Gasteiger partial charge is 0.233 e. The van der Waals surface area contributed by atoms with E-state index in [0.717, 1.165) is 26.1 Å². The van der Waals surface area contributed by atoms with Crippen molar-refractivity contribution in [3.05, 3.63) is 5.21 Å². The highest BCUT2D eigenvalue weighted by Gasteiger charge is 2.26. The molecule has 1 fully saturated rings. The lowest BCUT2D eigenvalue weighted by Crippen LogP contribution is -2.42. The van der Waals surface area contributed by atoms with E-state index in [0.29, 0.717) is 4.97 Å². The number of likely N-dealkylation sites (N-methyl/N-ethyl adjacent to an activating group) is 1. The van der Waals surface area contributed by atoms with E-state index in [-0.39, 0.29) is 11.6 Å². The number of nitrogens with zero attached hydrogens (tertiary/aromatic N) is 4. The summed E-state index contributed by atoms with van der Waals surface area (Å²) in [4.78, 5) is 8.07. The summed E-state index contributed by atoms with van der Waals surface area (Å²) in [6.45, 7) is 10.8. The summed E-state index contributed by atoms with van der Waals surface area (Å²) in [7, 11) is 1.70. The van der Waals surface area contributed by atoms with Crippen LogP contribution in [0.1, 0.15) is 34.1 Å². The SMILES string of the molecule is CCN1CC[C@@H](O/N=[N+](\[O-])N(C)C(C)(C)C)C1. The van der Waals surface area contributed by atoms with Crippen LogP contribution >= 0.6 is 0 Å². The number of hydrogen-bond acceptors (Lipinski definition) is 4. The minimum atomic E-state index is -0.264. The van der Waals surface area contributed by atoms with Crippen LogP contribution in [0.5, 0.6) is 0 Å². The Hall–Kier alpha value is -1.04. The van der Waals surface area contributed by atoms with Gasteiger partial charge in [-0.15, -0.1) is 5.01 Å². The summed E-state index contributed by atoms with van der Waals surface area (Å²) >= 11 is 0.